The van der Waals surface area contributed by atoms with Gasteiger partial charge >= 0.3 is 0 Å². The number of benzene rings is 2. The van der Waals surface area contributed by atoms with Crippen LogP contribution in [-0.4, -0.2) is 36.1 Å². The number of rotatable bonds is 4. The summed E-state index contributed by atoms with van der Waals surface area (Å²) in [7, 11) is 0. The summed E-state index contributed by atoms with van der Waals surface area (Å²) in [6.07, 6.45) is 0.159. The number of hydrogen-bond donors (Lipinski definition) is 0. The highest BCUT2D eigenvalue weighted by atomic mass is 32.2. The molecule has 3 nitrogen and oxygen atoms in total. The summed E-state index contributed by atoms with van der Waals surface area (Å²) in [5.41, 5.74) is 1.04. The maximum Gasteiger partial charge on any atom is 0.240 e. The standard InChI is InChI=1S/C20H23NO2S/c1-15-13-21(14-16(2)23-15)20(22)19(17-9-5-3-6-10-17)24-18-11-7-4-8-12-18/h3-12,15-16,19H,13-14H2,1-2H3/t15-,16-,19+/m1/s1. The molecule has 3 atom stereocenters. The Bertz CT molecular complexity index is 652. The quantitative estimate of drug-likeness (QED) is 0.782. The topological polar surface area (TPSA) is 29.5 Å². The molecule has 1 heterocycles. The molecule has 3 rings (SSSR count). The van der Waals surface area contributed by atoms with Gasteiger partial charge in [0.2, 0.25) is 5.91 Å². The molecule has 4 heteroatoms. The summed E-state index contributed by atoms with van der Waals surface area (Å²) < 4.78 is 5.77. The number of hydrogen-bond acceptors (Lipinski definition) is 3. The van der Waals surface area contributed by atoms with Gasteiger partial charge in [-0.25, -0.2) is 0 Å². The molecule has 0 spiro atoms. The Morgan fingerprint density at radius 1 is 1.00 bits per heavy atom. The maximum atomic E-state index is 13.2. The van der Waals surface area contributed by atoms with Gasteiger partial charge in [0.05, 0.1) is 12.2 Å². The predicted molar refractivity (Wildman–Crippen MR) is 98.1 cm³/mol. The van der Waals surface area contributed by atoms with Gasteiger partial charge in [-0.2, -0.15) is 0 Å². The van der Waals surface area contributed by atoms with Gasteiger partial charge < -0.3 is 9.64 Å². The number of ether oxygens (including phenoxy) is 1. The number of carbonyl (C=O) groups is 1. The molecule has 0 aromatic heterocycles. The molecule has 126 valence electrons. The van der Waals surface area contributed by atoms with Gasteiger partial charge in [0.1, 0.15) is 5.25 Å². The zero-order valence-corrected chi connectivity index (χ0v) is 14.9. The molecule has 1 amide bonds. The van der Waals surface area contributed by atoms with Crippen molar-refractivity contribution in [3.05, 3.63) is 66.2 Å². The molecular weight excluding hydrogens is 318 g/mol. The fourth-order valence-electron chi connectivity index (χ4n) is 3.05. The second-order valence-corrected chi connectivity index (χ2v) is 7.40. The van der Waals surface area contributed by atoms with Crippen molar-refractivity contribution in [2.24, 2.45) is 0 Å². The van der Waals surface area contributed by atoms with E-state index in [0.717, 1.165) is 10.5 Å². The van der Waals surface area contributed by atoms with Crippen LogP contribution in [0.15, 0.2) is 65.6 Å². The first-order chi connectivity index (χ1) is 11.6. The van der Waals surface area contributed by atoms with Crippen LogP contribution in [0.3, 0.4) is 0 Å². The minimum absolute atomic E-state index is 0.0795. The van der Waals surface area contributed by atoms with E-state index in [0.29, 0.717) is 13.1 Å². The summed E-state index contributed by atoms with van der Waals surface area (Å²) in [4.78, 5) is 16.3. The lowest BCUT2D eigenvalue weighted by Crippen LogP contribution is -2.49. The maximum absolute atomic E-state index is 13.2. The van der Waals surface area contributed by atoms with Crippen molar-refractivity contribution in [3.8, 4) is 0 Å². The van der Waals surface area contributed by atoms with E-state index < -0.39 is 0 Å². The number of morpholine rings is 1. The van der Waals surface area contributed by atoms with Crippen molar-refractivity contribution in [1.29, 1.82) is 0 Å². The minimum Gasteiger partial charge on any atom is -0.372 e. The molecule has 0 bridgehead atoms. The Labute approximate surface area is 148 Å². The van der Waals surface area contributed by atoms with E-state index in [1.165, 1.54) is 0 Å². The van der Waals surface area contributed by atoms with Crippen LogP contribution in [0.4, 0.5) is 0 Å². The van der Waals surface area contributed by atoms with Crippen LogP contribution < -0.4 is 0 Å². The van der Waals surface area contributed by atoms with Crippen LogP contribution >= 0.6 is 11.8 Å². The van der Waals surface area contributed by atoms with Gasteiger partial charge in [-0.3, -0.25) is 4.79 Å². The third kappa shape index (κ3) is 4.19. The van der Waals surface area contributed by atoms with Gasteiger partial charge in [-0.05, 0) is 31.5 Å². The van der Waals surface area contributed by atoms with Crippen LogP contribution in [0.5, 0.6) is 0 Å². The lowest BCUT2D eigenvalue weighted by molar-refractivity contribution is -0.142. The van der Waals surface area contributed by atoms with Crippen molar-refractivity contribution in [2.75, 3.05) is 13.1 Å². The van der Waals surface area contributed by atoms with E-state index in [9.17, 15) is 4.79 Å². The molecule has 1 aliphatic heterocycles. The van der Waals surface area contributed by atoms with Gasteiger partial charge in [0.15, 0.2) is 0 Å². The number of nitrogens with zero attached hydrogens (tertiary/aromatic N) is 1. The summed E-state index contributed by atoms with van der Waals surface area (Å²) in [5, 5.41) is -0.230. The lowest BCUT2D eigenvalue weighted by atomic mass is 10.1. The molecule has 24 heavy (non-hydrogen) atoms. The first kappa shape index (κ1) is 17.1. The number of amides is 1. The summed E-state index contributed by atoms with van der Waals surface area (Å²) >= 11 is 1.61. The fraction of sp³-hybridized carbons (Fsp3) is 0.350. The first-order valence-electron chi connectivity index (χ1n) is 8.34. The summed E-state index contributed by atoms with van der Waals surface area (Å²) in [5.74, 6) is 0.164. The number of thioether (sulfide) groups is 1. The minimum atomic E-state index is -0.230. The molecule has 0 radical (unpaired) electrons. The summed E-state index contributed by atoms with van der Waals surface area (Å²) in [6.45, 7) is 5.36. The molecule has 1 fully saturated rings. The van der Waals surface area contributed by atoms with Crippen LogP contribution in [0.1, 0.15) is 24.7 Å². The van der Waals surface area contributed by atoms with E-state index >= 15 is 0 Å². The Balaban J connectivity index is 1.85. The normalized spacial score (nSPS) is 22.2. The van der Waals surface area contributed by atoms with Gasteiger partial charge in [0.25, 0.3) is 0 Å². The molecule has 1 saturated heterocycles. The van der Waals surface area contributed by atoms with Crippen molar-refractivity contribution in [2.45, 2.75) is 36.2 Å². The molecule has 0 N–H and O–H groups in total. The SMILES string of the molecule is C[C@@H]1CN(C(=O)[C@@H](Sc2ccccc2)c2ccccc2)C[C@@H](C)O1. The highest BCUT2D eigenvalue weighted by Gasteiger charge is 2.32. The average molecular weight is 341 g/mol. The monoisotopic (exact) mass is 341 g/mol. The third-order valence-corrected chi connectivity index (χ3v) is 5.31. The average Bonchev–Trinajstić information content (AvgIpc) is 2.60. The van der Waals surface area contributed by atoms with Crippen LogP contribution in [0, 0.1) is 0 Å². The van der Waals surface area contributed by atoms with Crippen molar-refractivity contribution in [1.82, 2.24) is 4.90 Å². The Kier molecular flexibility index (Phi) is 5.59. The van der Waals surface area contributed by atoms with Crippen LogP contribution in [0.2, 0.25) is 0 Å². The largest absolute Gasteiger partial charge is 0.372 e. The molecule has 1 aliphatic rings. The zero-order valence-electron chi connectivity index (χ0n) is 14.1. The van der Waals surface area contributed by atoms with Crippen molar-refractivity contribution < 1.29 is 9.53 Å². The second-order valence-electron chi connectivity index (χ2n) is 6.22. The number of carbonyl (C=O) groups excluding carboxylic acids is 1. The Morgan fingerprint density at radius 3 is 2.12 bits per heavy atom. The highest BCUT2D eigenvalue weighted by Crippen LogP contribution is 2.37. The van der Waals surface area contributed by atoms with Gasteiger partial charge in [-0.1, -0.05) is 48.5 Å². The van der Waals surface area contributed by atoms with Crippen LogP contribution in [0.25, 0.3) is 0 Å². The summed E-state index contributed by atoms with van der Waals surface area (Å²) in [6, 6.07) is 20.2. The van der Waals surface area contributed by atoms with Gasteiger partial charge in [0, 0.05) is 18.0 Å². The van der Waals surface area contributed by atoms with E-state index in [1.807, 2.05) is 67.3 Å². The van der Waals surface area contributed by atoms with Gasteiger partial charge in [-0.15, -0.1) is 11.8 Å². The van der Waals surface area contributed by atoms with Crippen molar-refractivity contribution >= 4 is 17.7 Å². The molecule has 0 aliphatic carbocycles. The molecule has 2 aromatic carbocycles. The van der Waals surface area contributed by atoms with Crippen molar-refractivity contribution in [3.63, 3.8) is 0 Å². The molecule has 0 unspecified atom stereocenters. The molecule has 0 saturated carbocycles. The molecular formula is C20H23NO2S. The van der Waals surface area contributed by atoms with E-state index in [1.54, 1.807) is 11.8 Å². The lowest BCUT2D eigenvalue weighted by Gasteiger charge is -2.37. The second kappa shape index (κ2) is 7.86. The Morgan fingerprint density at radius 2 is 1.54 bits per heavy atom. The first-order valence-corrected chi connectivity index (χ1v) is 9.22. The smallest absolute Gasteiger partial charge is 0.240 e. The Hall–Kier alpha value is -1.78. The third-order valence-electron chi connectivity index (χ3n) is 4.06. The highest BCUT2D eigenvalue weighted by molar-refractivity contribution is 8.00. The fourth-order valence-corrected chi connectivity index (χ4v) is 4.18. The van der Waals surface area contributed by atoms with E-state index in [-0.39, 0.29) is 23.4 Å². The molecule has 2 aromatic rings. The van der Waals surface area contributed by atoms with E-state index in [4.69, 9.17) is 4.74 Å². The van der Waals surface area contributed by atoms with Crippen LogP contribution in [-0.2, 0) is 9.53 Å². The predicted octanol–water partition coefficient (Wildman–Crippen LogP) is 4.16. The zero-order chi connectivity index (χ0) is 16.9. The van der Waals surface area contributed by atoms with E-state index in [2.05, 4.69) is 12.1 Å².